The van der Waals surface area contributed by atoms with Gasteiger partial charge in [0.1, 0.15) is 23.1 Å². The summed E-state index contributed by atoms with van der Waals surface area (Å²) in [6.45, 7) is 1.78. The van der Waals surface area contributed by atoms with Gasteiger partial charge in [-0.3, -0.25) is 4.99 Å². The first-order valence-electron chi connectivity index (χ1n) is 8.99. The van der Waals surface area contributed by atoms with Crippen molar-refractivity contribution in [3.63, 3.8) is 0 Å². The summed E-state index contributed by atoms with van der Waals surface area (Å²) >= 11 is 1.64. The summed E-state index contributed by atoms with van der Waals surface area (Å²) in [6.07, 6.45) is 0. The Morgan fingerprint density at radius 1 is 1.03 bits per heavy atom. The first-order chi connectivity index (χ1) is 13.8. The van der Waals surface area contributed by atoms with E-state index in [0.717, 1.165) is 27.8 Å². The predicted molar refractivity (Wildman–Crippen MR) is 130 cm³/mol. The first-order valence-corrected chi connectivity index (χ1v) is 9.87. The number of nitrogens with one attached hydrogen (secondary N) is 2. The van der Waals surface area contributed by atoms with Crippen molar-refractivity contribution < 1.29 is 9.47 Å². The minimum Gasteiger partial charge on any atom is -0.497 e. The molecular weight excluding hydrogens is 499 g/mol. The summed E-state index contributed by atoms with van der Waals surface area (Å²) in [7, 11) is 3.39. The Morgan fingerprint density at radius 2 is 1.76 bits per heavy atom. The van der Waals surface area contributed by atoms with E-state index >= 15 is 0 Å². The fraction of sp³-hybridized carbons (Fsp3) is 0.238. The molecule has 0 saturated heterocycles. The summed E-state index contributed by atoms with van der Waals surface area (Å²) in [5, 5.41) is 9.60. The number of hydrogen-bond acceptors (Lipinski definition) is 5. The van der Waals surface area contributed by atoms with Crippen molar-refractivity contribution in [2.24, 2.45) is 4.99 Å². The van der Waals surface area contributed by atoms with Crippen molar-refractivity contribution in [2.75, 3.05) is 27.3 Å². The molecule has 0 spiro atoms. The number of methoxy groups -OCH3 is 1. The Hall–Kier alpha value is -2.33. The Labute approximate surface area is 192 Å². The van der Waals surface area contributed by atoms with Gasteiger partial charge in [-0.05, 0) is 24.3 Å². The molecule has 8 heteroatoms. The van der Waals surface area contributed by atoms with Gasteiger partial charge in [0.25, 0.3) is 0 Å². The van der Waals surface area contributed by atoms with Crippen LogP contribution in [0.3, 0.4) is 0 Å². The molecule has 0 amide bonds. The minimum atomic E-state index is 0. The summed E-state index contributed by atoms with van der Waals surface area (Å²) < 4.78 is 10.8. The van der Waals surface area contributed by atoms with Crippen LogP contribution in [0.15, 0.2) is 65.0 Å². The SMILES string of the molecule is CN=C(NCCOc1ccc(OC)cc1)NCc1csc(-c2ccccc2)n1.I. The lowest BCUT2D eigenvalue weighted by Crippen LogP contribution is -2.38. The number of thiazole rings is 1. The van der Waals surface area contributed by atoms with Gasteiger partial charge in [0.15, 0.2) is 5.96 Å². The zero-order valence-electron chi connectivity index (χ0n) is 16.4. The van der Waals surface area contributed by atoms with Crippen molar-refractivity contribution >= 4 is 41.3 Å². The van der Waals surface area contributed by atoms with Crippen molar-refractivity contribution in [3.8, 4) is 22.1 Å². The summed E-state index contributed by atoms with van der Waals surface area (Å²) in [5.74, 6) is 2.33. The fourth-order valence-corrected chi connectivity index (χ4v) is 3.33. The third-order valence-electron chi connectivity index (χ3n) is 3.96. The summed E-state index contributed by atoms with van der Waals surface area (Å²) in [4.78, 5) is 8.91. The van der Waals surface area contributed by atoms with Crippen molar-refractivity contribution in [1.29, 1.82) is 0 Å². The molecule has 6 nitrogen and oxygen atoms in total. The van der Waals surface area contributed by atoms with Crippen LogP contribution in [0, 0.1) is 0 Å². The second-order valence-corrected chi connectivity index (χ2v) is 6.74. The molecule has 154 valence electrons. The van der Waals surface area contributed by atoms with Crippen LogP contribution in [0.1, 0.15) is 5.69 Å². The van der Waals surface area contributed by atoms with Crippen LogP contribution in [-0.2, 0) is 6.54 Å². The van der Waals surface area contributed by atoms with E-state index in [9.17, 15) is 0 Å². The highest BCUT2D eigenvalue weighted by Crippen LogP contribution is 2.23. The normalized spacial score (nSPS) is 10.8. The van der Waals surface area contributed by atoms with Gasteiger partial charge >= 0.3 is 0 Å². The van der Waals surface area contributed by atoms with E-state index in [1.165, 1.54) is 0 Å². The maximum Gasteiger partial charge on any atom is 0.191 e. The lowest BCUT2D eigenvalue weighted by molar-refractivity contribution is 0.321. The van der Waals surface area contributed by atoms with Crippen molar-refractivity contribution in [2.45, 2.75) is 6.54 Å². The molecule has 2 N–H and O–H groups in total. The highest BCUT2D eigenvalue weighted by molar-refractivity contribution is 14.0. The molecule has 0 aliphatic rings. The number of aromatic nitrogens is 1. The molecule has 0 aliphatic heterocycles. The van der Waals surface area contributed by atoms with E-state index in [4.69, 9.17) is 9.47 Å². The maximum atomic E-state index is 5.70. The molecule has 1 aromatic heterocycles. The summed E-state index contributed by atoms with van der Waals surface area (Å²) in [6, 6.07) is 17.7. The van der Waals surface area contributed by atoms with Gasteiger partial charge in [-0.1, -0.05) is 30.3 Å². The third kappa shape index (κ3) is 7.21. The van der Waals surface area contributed by atoms with Gasteiger partial charge in [-0.25, -0.2) is 4.98 Å². The third-order valence-corrected chi connectivity index (χ3v) is 4.90. The van der Waals surface area contributed by atoms with Crippen LogP contribution < -0.4 is 20.1 Å². The van der Waals surface area contributed by atoms with E-state index in [-0.39, 0.29) is 24.0 Å². The van der Waals surface area contributed by atoms with Crippen LogP contribution >= 0.6 is 35.3 Å². The lowest BCUT2D eigenvalue weighted by Gasteiger charge is -2.12. The Bertz CT molecular complexity index is 885. The number of ether oxygens (including phenoxy) is 2. The van der Waals surface area contributed by atoms with E-state index in [1.54, 1.807) is 25.5 Å². The van der Waals surface area contributed by atoms with E-state index in [1.807, 2.05) is 42.5 Å². The Morgan fingerprint density at radius 3 is 2.45 bits per heavy atom. The molecule has 0 fully saturated rings. The van der Waals surface area contributed by atoms with Crippen molar-refractivity contribution in [3.05, 3.63) is 65.7 Å². The number of halogens is 1. The molecule has 0 saturated carbocycles. The molecule has 0 bridgehead atoms. The van der Waals surface area contributed by atoms with Crippen LogP contribution in [0.5, 0.6) is 11.5 Å². The topological polar surface area (TPSA) is 67.8 Å². The molecule has 3 rings (SSSR count). The van der Waals surface area contributed by atoms with Gasteiger partial charge in [0.05, 0.1) is 25.9 Å². The molecule has 0 radical (unpaired) electrons. The van der Waals surface area contributed by atoms with Gasteiger partial charge in [-0.15, -0.1) is 35.3 Å². The van der Waals surface area contributed by atoms with Crippen LogP contribution in [0.2, 0.25) is 0 Å². The average Bonchev–Trinajstić information content (AvgIpc) is 3.23. The molecule has 2 aromatic carbocycles. The molecule has 0 atom stereocenters. The number of rotatable bonds is 8. The zero-order valence-corrected chi connectivity index (χ0v) is 19.6. The second-order valence-electron chi connectivity index (χ2n) is 5.89. The average molecular weight is 524 g/mol. The van der Waals surface area contributed by atoms with Crippen LogP contribution in [-0.4, -0.2) is 38.3 Å². The molecule has 1 heterocycles. The quantitative estimate of drug-likeness (QED) is 0.200. The smallest absolute Gasteiger partial charge is 0.191 e. The predicted octanol–water partition coefficient (Wildman–Crippen LogP) is 4.18. The molecule has 0 aliphatic carbocycles. The number of guanidine groups is 1. The Balaban J connectivity index is 0.00000300. The van der Waals surface area contributed by atoms with Crippen molar-refractivity contribution in [1.82, 2.24) is 15.6 Å². The van der Waals surface area contributed by atoms with Gasteiger partial charge < -0.3 is 20.1 Å². The Kier molecular flexibility index (Phi) is 9.72. The lowest BCUT2D eigenvalue weighted by atomic mass is 10.2. The molecule has 0 unspecified atom stereocenters. The molecule has 3 aromatic rings. The minimum absolute atomic E-state index is 0. The van der Waals surface area contributed by atoms with E-state index < -0.39 is 0 Å². The number of benzene rings is 2. The van der Waals surface area contributed by atoms with E-state index in [2.05, 4.69) is 38.1 Å². The number of aliphatic imine (C=N–C) groups is 1. The van der Waals surface area contributed by atoms with Crippen LogP contribution in [0.25, 0.3) is 10.6 Å². The largest absolute Gasteiger partial charge is 0.497 e. The fourth-order valence-electron chi connectivity index (χ4n) is 2.51. The maximum absolute atomic E-state index is 5.70. The first kappa shape index (κ1) is 23.0. The monoisotopic (exact) mass is 524 g/mol. The van der Waals surface area contributed by atoms with Gasteiger partial charge in [-0.2, -0.15) is 0 Å². The number of hydrogen-bond donors (Lipinski definition) is 2. The standard InChI is InChI=1S/C21H24N4O2S.HI/c1-22-21(23-12-13-27-19-10-8-18(26-2)9-11-19)24-14-17-15-28-20(25-17)16-6-4-3-5-7-16;/h3-11,15H,12-14H2,1-2H3,(H2,22,23,24);1H. The van der Waals surface area contributed by atoms with E-state index in [0.29, 0.717) is 25.7 Å². The van der Waals surface area contributed by atoms with Crippen LogP contribution in [0.4, 0.5) is 0 Å². The highest BCUT2D eigenvalue weighted by Gasteiger charge is 2.05. The zero-order chi connectivity index (χ0) is 19.6. The molecular formula is C21H25IN4O2S. The number of nitrogens with zero attached hydrogens (tertiary/aromatic N) is 2. The summed E-state index contributed by atoms with van der Waals surface area (Å²) in [5.41, 5.74) is 2.12. The highest BCUT2D eigenvalue weighted by atomic mass is 127. The van der Waals surface area contributed by atoms with Gasteiger partial charge in [0.2, 0.25) is 0 Å². The molecule has 29 heavy (non-hydrogen) atoms. The van der Waals surface area contributed by atoms with Gasteiger partial charge in [0, 0.05) is 18.0 Å². The second kappa shape index (κ2) is 12.3.